The first-order valence-electron chi connectivity index (χ1n) is 11.6. The van der Waals surface area contributed by atoms with E-state index >= 15 is 0 Å². The number of aryl methyl sites for hydroxylation is 1. The maximum atomic E-state index is 3.57. The van der Waals surface area contributed by atoms with E-state index in [9.17, 15) is 0 Å². The second-order valence-electron chi connectivity index (χ2n) is 8.96. The Hall–Kier alpha value is -3.84. The van der Waals surface area contributed by atoms with Crippen molar-refractivity contribution in [1.82, 2.24) is 4.98 Å². The summed E-state index contributed by atoms with van der Waals surface area (Å²) in [4.78, 5) is 3.57. The summed E-state index contributed by atoms with van der Waals surface area (Å²) >= 11 is 0. The Labute approximate surface area is 196 Å². The van der Waals surface area contributed by atoms with Gasteiger partial charge in [0.05, 0.1) is 0 Å². The van der Waals surface area contributed by atoms with Crippen molar-refractivity contribution in [1.29, 1.82) is 0 Å². The predicted octanol–water partition coefficient (Wildman–Crippen LogP) is 9.33. The first kappa shape index (κ1) is 21.0. The van der Waals surface area contributed by atoms with Gasteiger partial charge < -0.3 is 4.98 Å². The first-order valence-corrected chi connectivity index (χ1v) is 11.6. The minimum absolute atomic E-state index is 1.18. The number of allylic oxidation sites excluding steroid dienone is 4. The van der Waals surface area contributed by atoms with Crippen LogP contribution in [0.1, 0.15) is 31.9 Å². The largest absolute Gasteiger partial charge is 0.354 e. The van der Waals surface area contributed by atoms with E-state index in [1.165, 1.54) is 66.3 Å². The van der Waals surface area contributed by atoms with Crippen molar-refractivity contribution in [2.24, 2.45) is 0 Å². The summed E-state index contributed by atoms with van der Waals surface area (Å²) < 4.78 is 0. The molecular weight excluding hydrogens is 398 g/mol. The van der Waals surface area contributed by atoms with E-state index in [1.807, 2.05) is 0 Å². The van der Waals surface area contributed by atoms with E-state index in [4.69, 9.17) is 0 Å². The van der Waals surface area contributed by atoms with Crippen LogP contribution < -0.4 is 0 Å². The zero-order valence-electron chi connectivity index (χ0n) is 19.7. The topological polar surface area (TPSA) is 15.8 Å². The van der Waals surface area contributed by atoms with Crippen molar-refractivity contribution in [3.05, 3.63) is 114 Å². The summed E-state index contributed by atoms with van der Waals surface area (Å²) in [7, 11) is 0. The van der Waals surface area contributed by atoms with Gasteiger partial charge in [0.15, 0.2) is 0 Å². The molecule has 0 spiro atoms. The molecule has 4 aromatic carbocycles. The number of fused-ring (bicyclic) bond motifs is 3. The van der Waals surface area contributed by atoms with Crippen LogP contribution >= 0.6 is 0 Å². The first-order chi connectivity index (χ1) is 16.0. The lowest BCUT2D eigenvalue weighted by Gasteiger charge is -2.13. The van der Waals surface area contributed by atoms with Crippen molar-refractivity contribution in [2.45, 2.75) is 27.7 Å². The van der Waals surface area contributed by atoms with Crippen molar-refractivity contribution in [3.8, 4) is 22.3 Å². The fourth-order valence-electron chi connectivity index (χ4n) is 4.70. The average molecular weight is 428 g/mol. The van der Waals surface area contributed by atoms with Gasteiger partial charge in [-0.25, -0.2) is 0 Å². The van der Waals surface area contributed by atoms with Gasteiger partial charge in [0, 0.05) is 21.8 Å². The van der Waals surface area contributed by atoms with E-state index in [2.05, 4.69) is 130 Å². The number of para-hydroxylation sites is 1. The van der Waals surface area contributed by atoms with Crippen LogP contribution in [0.3, 0.4) is 0 Å². The molecule has 0 fully saturated rings. The highest BCUT2D eigenvalue weighted by molar-refractivity contribution is 6.08. The molecule has 0 saturated heterocycles. The Morgan fingerprint density at radius 3 is 2.09 bits per heavy atom. The summed E-state index contributed by atoms with van der Waals surface area (Å²) in [5.41, 5.74) is 12.5. The number of H-pyrrole nitrogens is 1. The van der Waals surface area contributed by atoms with Crippen LogP contribution in [0.25, 0.3) is 49.6 Å². The van der Waals surface area contributed by atoms with Crippen molar-refractivity contribution in [3.63, 3.8) is 0 Å². The molecule has 1 heteroatoms. The highest BCUT2D eigenvalue weighted by atomic mass is 14.7. The molecule has 0 atom stereocenters. The van der Waals surface area contributed by atoms with Gasteiger partial charge in [-0.15, -0.1) is 0 Å². The standard InChI is InChI=1S/C32H29N/c1-5-9-27(21(2)3)30-19-25(15-14-22(30)4)23-10-8-11-24(18-23)26-16-17-29-28-12-6-7-13-31(28)33-32(29)20-26/h5-20,33H,1-4H3/b9-5-. The third kappa shape index (κ3) is 3.91. The SMILES string of the molecule is C/C=C\C(=C(C)C)c1cc(-c2cccc(-c3ccc4c(c3)[nH]c3ccccc34)c2)ccc1C. The Bertz CT molecular complexity index is 1540. The molecule has 0 saturated carbocycles. The molecule has 0 amide bonds. The number of hydrogen-bond donors (Lipinski definition) is 1. The number of aromatic amines is 1. The van der Waals surface area contributed by atoms with Crippen molar-refractivity contribution < 1.29 is 0 Å². The zero-order valence-corrected chi connectivity index (χ0v) is 19.7. The average Bonchev–Trinajstić information content (AvgIpc) is 3.21. The quantitative estimate of drug-likeness (QED) is 0.275. The Balaban J connectivity index is 1.58. The van der Waals surface area contributed by atoms with E-state index in [-0.39, 0.29) is 0 Å². The maximum absolute atomic E-state index is 3.57. The molecule has 0 bridgehead atoms. The second kappa shape index (κ2) is 8.60. The van der Waals surface area contributed by atoms with Gasteiger partial charge in [-0.3, -0.25) is 0 Å². The van der Waals surface area contributed by atoms with E-state index in [1.54, 1.807) is 0 Å². The molecular formula is C32H29N. The summed E-state index contributed by atoms with van der Waals surface area (Å²) in [5, 5.41) is 2.54. The molecule has 162 valence electrons. The minimum Gasteiger partial charge on any atom is -0.354 e. The molecule has 0 aliphatic heterocycles. The van der Waals surface area contributed by atoms with Gasteiger partial charge in [0.1, 0.15) is 0 Å². The summed E-state index contributed by atoms with van der Waals surface area (Å²) in [6.45, 7) is 8.64. The second-order valence-corrected chi connectivity index (χ2v) is 8.96. The Kier molecular flexibility index (Phi) is 5.48. The lowest BCUT2D eigenvalue weighted by molar-refractivity contribution is 1.35. The fraction of sp³-hybridized carbons (Fsp3) is 0.125. The molecule has 1 heterocycles. The molecule has 5 rings (SSSR count). The van der Waals surface area contributed by atoms with Crippen LogP contribution in [0.2, 0.25) is 0 Å². The third-order valence-corrected chi connectivity index (χ3v) is 6.44. The fourth-order valence-corrected chi connectivity index (χ4v) is 4.70. The molecule has 0 aliphatic carbocycles. The van der Waals surface area contributed by atoms with Gasteiger partial charge in [-0.2, -0.15) is 0 Å². The zero-order chi connectivity index (χ0) is 22.9. The van der Waals surface area contributed by atoms with Crippen LogP contribution in [0.4, 0.5) is 0 Å². The van der Waals surface area contributed by atoms with Crippen LogP contribution in [0.15, 0.2) is 103 Å². The predicted molar refractivity (Wildman–Crippen MR) is 144 cm³/mol. The lowest BCUT2D eigenvalue weighted by atomic mass is 9.91. The molecule has 5 aromatic rings. The summed E-state index contributed by atoms with van der Waals surface area (Å²) in [5.74, 6) is 0. The molecule has 0 aliphatic rings. The van der Waals surface area contributed by atoms with Crippen LogP contribution in [0.5, 0.6) is 0 Å². The molecule has 0 unspecified atom stereocenters. The number of nitrogens with one attached hydrogen (secondary N) is 1. The highest BCUT2D eigenvalue weighted by Crippen LogP contribution is 2.33. The molecule has 1 N–H and O–H groups in total. The molecule has 1 aromatic heterocycles. The number of aromatic nitrogens is 1. The van der Waals surface area contributed by atoms with Crippen molar-refractivity contribution >= 4 is 27.4 Å². The number of rotatable bonds is 4. The van der Waals surface area contributed by atoms with E-state index < -0.39 is 0 Å². The molecule has 33 heavy (non-hydrogen) atoms. The summed E-state index contributed by atoms with van der Waals surface area (Å²) in [6.07, 6.45) is 4.34. The van der Waals surface area contributed by atoms with Crippen LogP contribution in [-0.2, 0) is 0 Å². The normalized spacial score (nSPS) is 11.5. The van der Waals surface area contributed by atoms with Gasteiger partial charge in [0.25, 0.3) is 0 Å². The van der Waals surface area contributed by atoms with E-state index in [0.717, 1.165) is 0 Å². The third-order valence-electron chi connectivity index (χ3n) is 6.44. The smallest absolute Gasteiger partial charge is 0.0471 e. The minimum atomic E-state index is 1.18. The maximum Gasteiger partial charge on any atom is 0.0471 e. The van der Waals surface area contributed by atoms with E-state index in [0.29, 0.717) is 0 Å². The monoisotopic (exact) mass is 427 g/mol. The van der Waals surface area contributed by atoms with Crippen molar-refractivity contribution in [2.75, 3.05) is 0 Å². The molecule has 1 nitrogen and oxygen atoms in total. The number of hydrogen-bond acceptors (Lipinski definition) is 0. The van der Waals surface area contributed by atoms with Gasteiger partial charge >= 0.3 is 0 Å². The van der Waals surface area contributed by atoms with Crippen LogP contribution in [-0.4, -0.2) is 4.98 Å². The molecule has 0 radical (unpaired) electrons. The van der Waals surface area contributed by atoms with Gasteiger partial charge in [0.2, 0.25) is 0 Å². The number of benzene rings is 4. The van der Waals surface area contributed by atoms with Crippen LogP contribution in [0, 0.1) is 6.92 Å². The highest BCUT2D eigenvalue weighted by Gasteiger charge is 2.09. The Morgan fingerprint density at radius 2 is 1.33 bits per heavy atom. The lowest BCUT2D eigenvalue weighted by Crippen LogP contribution is -1.91. The van der Waals surface area contributed by atoms with Gasteiger partial charge in [-0.05, 0) is 90.9 Å². The Morgan fingerprint density at radius 1 is 0.667 bits per heavy atom. The van der Waals surface area contributed by atoms with Gasteiger partial charge in [-0.1, -0.05) is 78.4 Å². The summed E-state index contributed by atoms with van der Waals surface area (Å²) in [6, 6.07) is 30.9.